The Labute approximate surface area is 166 Å². The lowest BCUT2D eigenvalue weighted by atomic mass is 10.0. The lowest BCUT2D eigenvalue weighted by molar-refractivity contribution is -0.120. The SMILES string of the molecule is O=C(Nc1ccccc1Br)[C@@H]1CCCCN1S(=O)(=O)c1ccc(Cl)cc1. The van der Waals surface area contributed by atoms with Gasteiger partial charge in [-0.15, -0.1) is 0 Å². The number of carbonyl (C=O) groups excluding carboxylic acids is 1. The number of para-hydroxylation sites is 1. The summed E-state index contributed by atoms with van der Waals surface area (Å²) in [7, 11) is -3.77. The van der Waals surface area contributed by atoms with E-state index in [2.05, 4.69) is 21.2 Å². The summed E-state index contributed by atoms with van der Waals surface area (Å²) >= 11 is 9.24. The molecule has 5 nitrogen and oxygen atoms in total. The highest BCUT2D eigenvalue weighted by molar-refractivity contribution is 9.10. The van der Waals surface area contributed by atoms with Gasteiger partial charge >= 0.3 is 0 Å². The summed E-state index contributed by atoms with van der Waals surface area (Å²) in [6.07, 6.45) is 2.02. The predicted molar refractivity (Wildman–Crippen MR) is 106 cm³/mol. The Balaban J connectivity index is 1.86. The molecular formula is C18H18BrClN2O3S. The van der Waals surface area contributed by atoms with Crippen molar-refractivity contribution in [1.82, 2.24) is 4.31 Å². The average molecular weight is 458 g/mol. The normalized spacial score (nSPS) is 18.5. The number of anilines is 1. The molecule has 1 aliphatic heterocycles. The van der Waals surface area contributed by atoms with Crippen LogP contribution in [0, 0.1) is 0 Å². The van der Waals surface area contributed by atoms with Gasteiger partial charge in [0, 0.05) is 16.0 Å². The Morgan fingerprint density at radius 2 is 1.81 bits per heavy atom. The Morgan fingerprint density at radius 3 is 2.50 bits per heavy atom. The number of piperidine rings is 1. The van der Waals surface area contributed by atoms with Crippen LogP contribution < -0.4 is 5.32 Å². The highest BCUT2D eigenvalue weighted by Gasteiger charge is 2.37. The van der Waals surface area contributed by atoms with E-state index in [9.17, 15) is 13.2 Å². The number of nitrogens with zero attached hydrogens (tertiary/aromatic N) is 1. The molecule has 0 spiro atoms. The fourth-order valence-corrected chi connectivity index (χ4v) is 5.14. The molecule has 0 aliphatic carbocycles. The number of amides is 1. The highest BCUT2D eigenvalue weighted by atomic mass is 79.9. The van der Waals surface area contributed by atoms with Crippen LogP contribution in [-0.2, 0) is 14.8 Å². The first kappa shape index (κ1) is 19.4. The Hall–Kier alpha value is -1.41. The summed E-state index contributed by atoms with van der Waals surface area (Å²) < 4.78 is 28.1. The number of hydrogen-bond donors (Lipinski definition) is 1. The molecule has 1 fully saturated rings. The van der Waals surface area contributed by atoms with Crippen LogP contribution in [0.15, 0.2) is 57.9 Å². The maximum atomic E-state index is 13.0. The minimum absolute atomic E-state index is 0.141. The van der Waals surface area contributed by atoms with Gasteiger partial charge in [0.05, 0.1) is 10.6 Å². The average Bonchev–Trinajstić information content (AvgIpc) is 2.64. The van der Waals surface area contributed by atoms with Crippen molar-refractivity contribution in [2.45, 2.75) is 30.2 Å². The first-order valence-electron chi connectivity index (χ1n) is 8.22. The third kappa shape index (κ3) is 4.11. The summed E-state index contributed by atoms with van der Waals surface area (Å²) in [6, 6.07) is 12.5. The smallest absolute Gasteiger partial charge is 0.243 e. The first-order valence-corrected chi connectivity index (χ1v) is 10.8. The fourth-order valence-electron chi connectivity index (χ4n) is 2.98. The van der Waals surface area contributed by atoms with Crippen LogP contribution >= 0.6 is 27.5 Å². The van der Waals surface area contributed by atoms with Crippen molar-refractivity contribution in [2.75, 3.05) is 11.9 Å². The van der Waals surface area contributed by atoms with Gasteiger partial charge in [0.15, 0.2) is 0 Å². The van der Waals surface area contributed by atoms with E-state index in [1.54, 1.807) is 6.07 Å². The van der Waals surface area contributed by atoms with Crippen molar-refractivity contribution < 1.29 is 13.2 Å². The number of hydrogen-bond acceptors (Lipinski definition) is 3. The van der Waals surface area contributed by atoms with E-state index < -0.39 is 16.1 Å². The Bertz CT molecular complexity index is 903. The van der Waals surface area contributed by atoms with Crippen molar-refractivity contribution in [3.8, 4) is 0 Å². The van der Waals surface area contributed by atoms with Gasteiger partial charge in [0.25, 0.3) is 0 Å². The molecule has 1 saturated heterocycles. The zero-order valence-corrected chi connectivity index (χ0v) is 17.0. The highest BCUT2D eigenvalue weighted by Crippen LogP contribution is 2.28. The fraction of sp³-hybridized carbons (Fsp3) is 0.278. The van der Waals surface area contributed by atoms with Gasteiger partial charge < -0.3 is 5.32 Å². The summed E-state index contributed by atoms with van der Waals surface area (Å²) in [6.45, 7) is 0.318. The van der Waals surface area contributed by atoms with Crippen LogP contribution in [0.5, 0.6) is 0 Å². The summed E-state index contributed by atoms with van der Waals surface area (Å²) in [5.41, 5.74) is 0.618. The first-order chi connectivity index (χ1) is 12.4. The molecule has 1 amide bonds. The standard InChI is InChI=1S/C18H18BrClN2O3S/c19-15-5-1-2-6-16(15)21-18(23)17-7-3-4-12-22(17)26(24,25)14-10-8-13(20)9-11-14/h1-2,5-6,8-11,17H,3-4,7,12H2,(H,21,23)/t17-/m0/s1. The monoisotopic (exact) mass is 456 g/mol. The van der Waals surface area contributed by atoms with Crippen LogP contribution in [0.25, 0.3) is 0 Å². The van der Waals surface area contributed by atoms with Gasteiger partial charge in [-0.05, 0) is 65.2 Å². The lowest BCUT2D eigenvalue weighted by Crippen LogP contribution is -2.49. The van der Waals surface area contributed by atoms with E-state index in [-0.39, 0.29) is 10.8 Å². The predicted octanol–water partition coefficient (Wildman–Crippen LogP) is 4.28. The summed E-state index contributed by atoms with van der Waals surface area (Å²) in [5.74, 6) is -0.325. The molecule has 0 radical (unpaired) electrons. The largest absolute Gasteiger partial charge is 0.324 e. The van der Waals surface area contributed by atoms with E-state index in [1.807, 2.05) is 18.2 Å². The number of sulfonamides is 1. The molecule has 8 heteroatoms. The molecule has 2 aromatic rings. The van der Waals surface area contributed by atoms with E-state index >= 15 is 0 Å². The van der Waals surface area contributed by atoms with Crippen molar-refractivity contribution in [1.29, 1.82) is 0 Å². The number of benzene rings is 2. The van der Waals surface area contributed by atoms with Gasteiger partial charge in [-0.3, -0.25) is 4.79 Å². The quantitative estimate of drug-likeness (QED) is 0.745. The van der Waals surface area contributed by atoms with Crippen molar-refractivity contribution in [3.63, 3.8) is 0 Å². The number of halogens is 2. The lowest BCUT2D eigenvalue weighted by Gasteiger charge is -2.33. The second-order valence-corrected chi connectivity index (χ2v) is 9.23. The molecule has 1 aliphatic rings. The molecule has 0 unspecified atom stereocenters. The molecule has 1 heterocycles. The van der Waals surface area contributed by atoms with Crippen LogP contribution in [0.3, 0.4) is 0 Å². The molecule has 0 bridgehead atoms. The maximum absolute atomic E-state index is 13.0. The number of rotatable bonds is 4. The molecule has 0 aromatic heterocycles. The third-order valence-electron chi connectivity index (χ3n) is 4.31. The number of nitrogens with one attached hydrogen (secondary N) is 1. The zero-order chi connectivity index (χ0) is 18.7. The maximum Gasteiger partial charge on any atom is 0.243 e. The van der Waals surface area contributed by atoms with Crippen LogP contribution in [-0.4, -0.2) is 31.2 Å². The molecular weight excluding hydrogens is 440 g/mol. The third-order valence-corrected chi connectivity index (χ3v) is 7.17. The number of carbonyl (C=O) groups is 1. The van der Waals surface area contributed by atoms with Crippen molar-refractivity contribution >= 4 is 49.1 Å². The summed E-state index contributed by atoms with van der Waals surface area (Å²) in [5, 5.41) is 3.29. The summed E-state index contributed by atoms with van der Waals surface area (Å²) in [4.78, 5) is 12.9. The topological polar surface area (TPSA) is 66.5 Å². The minimum atomic E-state index is -3.77. The minimum Gasteiger partial charge on any atom is -0.324 e. The molecule has 0 saturated carbocycles. The molecule has 3 rings (SSSR count). The van der Waals surface area contributed by atoms with E-state index in [0.29, 0.717) is 23.7 Å². The zero-order valence-electron chi connectivity index (χ0n) is 13.9. The molecule has 26 heavy (non-hydrogen) atoms. The second kappa shape index (κ2) is 8.08. The Kier molecular flexibility index (Phi) is 6.02. The van der Waals surface area contributed by atoms with Crippen molar-refractivity contribution in [2.24, 2.45) is 0 Å². The second-order valence-electron chi connectivity index (χ2n) is 6.05. The van der Waals surface area contributed by atoms with Gasteiger partial charge in [-0.1, -0.05) is 30.2 Å². The van der Waals surface area contributed by atoms with Gasteiger partial charge in [-0.25, -0.2) is 8.42 Å². The molecule has 2 aromatic carbocycles. The van der Waals surface area contributed by atoms with E-state index in [0.717, 1.165) is 17.3 Å². The van der Waals surface area contributed by atoms with Gasteiger partial charge in [-0.2, -0.15) is 4.31 Å². The van der Waals surface area contributed by atoms with Crippen LogP contribution in [0.4, 0.5) is 5.69 Å². The van der Waals surface area contributed by atoms with Crippen molar-refractivity contribution in [3.05, 3.63) is 58.0 Å². The van der Waals surface area contributed by atoms with Crippen LogP contribution in [0.2, 0.25) is 5.02 Å². The molecule has 138 valence electrons. The van der Waals surface area contributed by atoms with Gasteiger partial charge in [0.1, 0.15) is 6.04 Å². The van der Waals surface area contributed by atoms with E-state index in [4.69, 9.17) is 11.6 Å². The van der Waals surface area contributed by atoms with Gasteiger partial charge in [0.2, 0.25) is 15.9 Å². The van der Waals surface area contributed by atoms with E-state index in [1.165, 1.54) is 28.6 Å². The van der Waals surface area contributed by atoms with Crippen LogP contribution in [0.1, 0.15) is 19.3 Å². The Morgan fingerprint density at radius 1 is 1.12 bits per heavy atom. The molecule has 1 atom stereocenters. The molecule has 1 N–H and O–H groups in total.